The molecule has 0 saturated carbocycles. The van der Waals surface area contributed by atoms with Gasteiger partial charge >= 0.3 is 5.97 Å². The van der Waals surface area contributed by atoms with Gasteiger partial charge in [0.2, 0.25) is 11.8 Å². The van der Waals surface area contributed by atoms with E-state index in [0.717, 1.165) is 12.8 Å². The summed E-state index contributed by atoms with van der Waals surface area (Å²) in [6.45, 7) is 6.02. The number of unbranched alkanes of at least 4 members (excludes halogenated alkanes) is 1. The van der Waals surface area contributed by atoms with Crippen LogP contribution >= 0.6 is 0 Å². The fourth-order valence-electron chi connectivity index (χ4n) is 2.59. The third-order valence-corrected chi connectivity index (χ3v) is 4.37. The number of carbonyl (C=O) groups is 3. The van der Waals surface area contributed by atoms with Gasteiger partial charge in [-0.05, 0) is 44.6 Å². The Bertz CT molecular complexity index is 611. The lowest BCUT2D eigenvalue weighted by Gasteiger charge is -2.16. The molecule has 27 heavy (non-hydrogen) atoms. The highest BCUT2D eigenvalue weighted by Gasteiger charge is 2.20. The van der Waals surface area contributed by atoms with Crippen LogP contribution in [0.3, 0.4) is 0 Å². The predicted octanol–water partition coefficient (Wildman–Crippen LogP) is 2.83. The highest BCUT2D eigenvalue weighted by Crippen LogP contribution is 2.07. The van der Waals surface area contributed by atoms with Gasteiger partial charge in [-0.3, -0.25) is 9.59 Å². The van der Waals surface area contributed by atoms with Crippen molar-refractivity contribution in [2.24, 2.45) is 5.92 Å². The third-order valence-electron chi connectivity index (χ3n) is 4.37. The van der Waals surface area contributed by atoms with E-state index in [0.29, 0.717) is 32.2 Å². The summed E-state index contributed by atoms with van der Waals surface area (Å²) in [4.78, 5) is 34.7. The Hall–Kier alpha value is -2.37. The minimum atomic E-state index is -1.02. The molecule has 1 aromatic carbocycles. The topological polar surface area (TPSA) is 95.5 Å². The maximum absolute atomic E-state index is 11.9. The fourth-order valence-corrected chi connectivity index (χ4v) is 2.59. The van der Waals surface area contributed by atoms with Crippen LogP contribution in [0.1, 0.15) is 57.1 Å². The first-order chi connectivity index (χ1) is 12.8. The number of rotatable bonds is 12. The molecule has 0 aliphatic heterocycles. The van der Waals surface area contributed by atoms with Crippen LogP contribution in [0, 0.1) is 12.8 Å². The van der Waals surface area contributed by atoms with Gasteiger partial charge in [0.1, 0.15) is 6.04 Å². The molecule has 6 heteroatoms. The number of hydrogen-bond donors (Lipinski definition) is 3. The first kappa shape index (κ1) is 22.7. The SMILES string of the molecule is Cc1ccc(CCCC(=O)NCCCCC(NC(=O)C(C)C)C(=O)O)cc1. The number of aliphatic carboxylic acids is 1. The zero-order chi connectivity index (χ0) is 20.2. The lowest BCUT2D eigenvalue weighted by atomic mass is 10.1. The third kappa shape index (κ3) is 9.78. The van der Waals surface area contributed by atoms with Crippen molar-refractivity contribution in [2.45, 2.75) is 65.3 Å². The van der Waals surface area contributed by atoms with E-state index < -0.39 is 12.0 Å². The molecule has 0 bridgehead atoms. The molecule has 1 atom stereocenters. The van der Waals surface area contributed by atoms with Crippen molar-refractivity contribution in [3.8, 4) is 0 Å². The molecule has 150 valence electrons. The van der Waals surface area contributed by atoms with Gasteiger partial charge in [0.05, 0.1) is 0 Å². The van der Waals surface area contributed by atoms with Gasteiger partial charge in [-0.15, -0.1) is 0 Å². The van der Waals surface area contributed by atoms with E-state index in [4.69, 9.17) is 0 Å². The smallest absolute Gasteiger partial charge is 0.326 e. The molecule has 0 aliphatic rings. The van der Waals surface area contributed by atoms with Crippen molar-refractivity contribution in [1.29, 1.82) is 0 Å². The molecule has 0 fully saturated rings. The number of nitrogens with one attached hydrogen (secondary N) is 2. The van der Waals surface area contributed by atoms with Crippen LogP contribution in [0.25, 0.3) is 0 Å². The quantitative estimate of drug-likeness (QED) is 0.489. The summed E-state index contributed by atoms with van der Waals surface area (Å²) in [7, 11) is 0. The summed E-state index contributed by atoms with van der Waals surface area (Å²) in [5.41, 5.74) is 2.46. The predicted molar refractivity (Wildman–Crippen MR) is 105 cm³/mol. The molecule has 0 aromatic heterocycles. The van der Waals surface area contributed by atoms with Gasteiger partial charge < -0.3 is 15.7 Å². The molecule has 0 radical (unpaired) electrons. The first-order valence-corrected chi connectivity index (χ1v) is 9.65. The van der Waals surface area contributed by atoms with Crippen LogP contribution in [0.4, 0.5) is 0 Å². The number of carbonyl (C=O) groups excluding carboxylic acids is 2. The summed E-state index contributed by atoms with van der Waals surface area (Å²) in [5, 5.41) is 14.6. The van der Waals surface area contributed by atoms with E-state index >= 15 is 0 Å². The van der Waals surface area contributed by atoms with Crippen molar-refractivity contribution in [3.63, 3.8) is 0 Å². The Balaban J connectivity index is 2.15. The van der Waals surface area contributed by atoms with Gasteiger partial charge in [-0.2, -0.15) is 0 Å². The normalized spacial score (nSPS) is 11.9. The molecule has 3 N–H and O–H groups in total. The molecule has 1 rings (SSSR count). The molecular weight excluding hydrogens is 344 g/mol. The van der Waals surface area contributed by atoms with E-state index in [1.807, 2.05) is 6.92 Å². The molecule has 0 saturated heterocycles. The summed E-state index contributed by atoms with van der Waals surface area (Å²) < 4.78 is 0. The summed E-state index contributed by atoms with van der Waals surface area (Å²) in [6, 6.07) is 7.45. The molecular formula is C21H32N2O4. The van der Waals surface area contributed by atoms with Crippen LogP contribution < -0.4 is 10.6 Å². The minimum absolute atomic E-state index is 0.0185. The number of carboxylic acids is 1. The molecule has 0 aliphatic carbocycles. The van der Waals surface area contributed by atoms with Crippen LogP contribution in [-0.2, 0) is 20.8 Å². The molecule has 1 unspecified atom stereocenters. The van der Waals surface area contributed by atoms with Crippen LogP contribution in [-0.4, -0.2) is 35.5 Å². The monoisotopic (exact) mass is 376 g/mol. The number of amides is 2. The van der Waals surface area contributed by atoms with E-state index in [9.17, 15) is 19.5 Å². The lowest BCUT2D eigenvalue weighted by Crippen LogP contribution is -2.42. The average molecular weight is 376 g/mol. The highest BCUT2D eigenvalue weighted by molar-refractivity contribution is 5.84. The van der Waals surface area contributed by atoms with Crippen LogP contribution in [0.5, 0.6) is 0 Å². The van der Waals surface area contributed by atoms with Crippen LogP contribution in [0.2, 0.25) is 0 Å². The molecule has 1 aromatic rings. The zero-order valence-electron chi connectivity index (χ0n) is 16.6. The second-order valence-electron chi connectivity index (χ2n) is 7.24. The summed E-state index contributed by atoms with van der Waals surface area (Å²) in [6.07, 6.45) is 3.83. The largest absolute Gasteiger partial charge is 0.480 e. The summed E-state index contributed by atoms with van der Waals surface area (Å²) in [5.74, 6) is -1.51. The molecule has 2 amide bonds. The Labute approximate surface area is 161 Å². The van der Waals surface area contributed by atoms with Gasteiger partial charge in [-0.1, -0.05) is 43.7 Å². The van der Waals surface area contributed by atoms with Crippen molar-refractivity contribution >= 4 is 17.8 Å². The minimum Gasteiger partial charge on any atom is -0.480 e. The standard InChI is InChI=1S/C21H32N2O4/c1-15(2)20(25)23-18(21(26)27)8-4-5-14-22-19(24)9-6-7-17-12-10-16(3)11-13-17/h10-13,15,18H,4-9,14H2,1-3H3,(H,22,24)(H,23,25)(H,26,27). The van der Waals surface area contributed by atoms with Crippen molar-refractivity contribution in [1.82, 2.24) is 10.6 Å². The second-order valence-corrected chi connectivity index (χ2v) is 7.24. The van der Waals surface area contributed by atoms with E-state index in [1.54, 1.807) is 13.8 Å². The fraction of sp³-hybridized carbons (Fsp3) is 0.571. The zero-order valence-corrected chi connectivity index (χ0v) is 16.6. The number of carboxylic acid groups (broad SMARTS) is 1. The molecule has 6 nitrogen and oxygen atoms in total. The maximum atomic E-state index is 11.9. The van der Waals surface area contributed by atoms with Gasteiger partial charge in [-0.25, -0.2) is 4.79 Å². The Morgan fingerprint density at radius 3 is 2.30 bits per heavy atom. The van der Waals surface area contributed by atoms with Gasteiger partial charge in [0, 0.05) is 18.9 Å². The number of hydrogen-bond acceptors (Lipinski definition) is 3. The van der Waals surface area contributed by atoms with Gasteiger partial charge in [0.25, 0.3) is 0 Å². The van der Waals surface area contributed by atoms with Crippen molar-refractivity contribution in [3.05, 3.63) is 35.4 Å². The van der Waals surface area contributed by atoms with Gasteiger partial charge in [0.15, 0.2) is 0 Å². The Morgan fingerprint density at radius 2 is 1.70 bits per heavy atom. The number of benzene rings is 1. The van der Waals surface area contributed by atoms with Crippen molar-refractivity contribution < 1.29 is 19.5 Å². The lowest BCUT2D eigenvalue weighted by molar-refractivity contribution is -0.142. The highest BCUT2D eigenvalue weighted by atomic mass is 16.4. The summed E-state index contributed by atoms with van der Waals surface area (Å²) >= 11 is 0. The molecule has 0 spiro atoms. The van der Waals surface area contributed by atoms with Crippen LogP contribution in [0.15, 0.2) is 24.3 Å². The Kier molecular flexibility index (Phi) is 10.2. The number of aryl methyl sites for hydroxylation is 2. The second kappa shape index (κ2) is 12.1. The maximum Gasteiger partial charge on any atom is 0.326 e. The van der Waals surface area contributed by atoms with E-state index in [2.05, 4.69) is 34.9 Å². The van der Waals surface area contributed by atoms with E-state index in [-0.39, 0.29) is 17.7 Å². The molecule has 0 heterocycles. The van der Waals surface area contributed by atoms with E-state index in [1.165, 1.54) is 11.1 Å². The van der Waals surface area contributed by atoms with Crippen molar-refractivity contribution in [2.75, 3.05) is 6.54 Å². The first-order valence-electron chi connectivity index (χ1n) is 9.65. The average Bonchev–Trinajstić information content (AvgIpc) is 2.61. The Morgan fingerprint density at radius 1 is 1.04 bits per heavy atom.